The minimum atomic E-state index is -5.08. The van der Waals surface area contributed by atoms with Gasteiger partial charge in [-0.25, -0.2) is 14.4 Å². The van der Waals surface area contributed by atoms with E-state index in [0.717, 1.165) is 17.7 Å². The Morgan fingerprint density at radius 3 is 2.42 bits per heavy atom. The summed E-state index contributed by atoms with van der Waals surface area (Å²) in [5, 5.41) is 28.6. The minimum Gasteiger partial charge on any atom is -0.493 e. The number of rotatable bonds is 5. The smallest absolute Gasteiger partial charge is 0.490 e. The summed E-state index contributed by atoms with van der Waals surface area (Å²) in [5.41, 5.74) is 0.149. The molecular formula is C26H30F3NO10. The predicted molar refractivity (Wildman–Crippen MR) is 128 cm³/mol. The van der Waals surface area contributed by atoms with Crippen molar-refractivity contribution >= 4 is 17.9 Å². The molecule has 11 nitrogen and oxygen atoms in total. The number of benzene rings is 1. The van der Waals surface area contributed by atoms with Crippen molar-refractivity contribution in [3.05, 3.63) is 35.1 Å². The number of hydrogen-bond donors (Lipinski definition) is 3. The molecule has 3 N–H and O–H groups in total. The Morgan fingerprint density at radius 2 is 1.85 bits per heavy atom. The number of likely N-dealkylation sites (N-methyl/N-ethyl adjacent to an activating group) is 1. The van der Waals surface area contributed by atoms with Gasteiger partial charge in [-0.3, -0.25) is 0 Å². The van der Waals surface area contributed by atoms with Gasteiger partial charge in [0.25, 0.3) is 0 Å². The number of aliphatic hydroxyl groups excluding tert-OH is 1. The van der Waals surface area contributed by atoms with E-state index < -0.39 is 53.4 Å². The minimum absolute atomic E-state index is 0.108. The predicted octanol–water partition coefficient (Wildman–Crippen LogP) is 1.46. The Kier molecular flexibility index (Phi) is 7.58. The van der Waals surface area contributed by atoms with Crippen LogP contribution >= 0.6 is 0 Å². The first-order valence-corrected chi connectivity index (χ1v) is 12.5. The molecule has 0 aromatic heterocycles. The third kappa shape index (κ3) is 4.57. The van der Waals surface area contributed by atoms with Crippen LogP contribution in [0.2, 0.25) is 0 Å². The lowest BCUT2D eigenvalue weighted by Crippen LogP contribution is -2.74. The van der Waals surface area contributed by atoms with Crippen molar-refractivity contribution in [3.63, 3.8) is 0 Å². The van der Waals surface area contributed by atoms with Crippen LogP contribution in [0.5, 0.6) is 11.5 Å². The molecule has 0 radical (unpaired) electrons. The van der Waals surface area contributed by atoms with Crippen molar-refractivity contribution in [2.75, 3.05) is 20.7 Å². The maximum atomic E-state index is 12.7. The maximum absolute atomic E-state index is 12.7. The first-order valence-electron chi connectivity index (χ1n) is 12.5. The first kappa shape index (κ1) is 29.6. The number of aliphatic hydroxyl groups is 2. The fourth-order valence-electron chi connectivity index (χ4n) is 6.11. The Hall–Kier alpha value is -3.36. The maximum Gasteiger partial charge on any atom is 0.490 e. The molecule has 0 saturated carbocycles. The Balaban J connectivity index is 0.000000470. The number of esters is 2. The fourth-order valence-corrected chi connectivity index (χ4v) is 6.11. The van der Waals surface area contributed by atoms with Crippen molar-refractivity contribution < 1.29 is 61.8 Å². The summed E-state index contributed by atoms with van der Waals surface area (Å²) in [6.07, 6.45) is -5.05. The van der Waals surface area contributed by atoms with Crippen LogP contribution in [0.15, 0.2) is 24.0 Å². The van der Waals surface area contributed by atoms with E-state index in [9.17, 15) is 33.0 Å². The number of hydrogen-bond acceptors (Lipinski definition) is 10. The summed E-state index contributed by atoms with van der Waals surface area (Å²) in [4.78, 5) is 35.5. The van der Waals surface area contributed by atoms with Crippen LogP contribution < -0.4 is 9.47 Å². The van der Waals surface area contributed by atoms with Crippen molar-refractivity contribution in [3.8, 4) is 11.5 Å². The number of carboxylic acid groups (broad SMARTS) is 1. The highest BCUT2D eigenvalue weighted by molar-refractivity contribution is 5.81. The quantitative estimate of drug-likeness (QED) is 0.439. The van der Waals surface area contributed by atoms with Crippen LogP contribution in [-0.4, -0.2) is 95.0 Å². The van der Waals surface area contributed by atoms with Crippen LogP contribution in [-0.2, 0) is 35.7 Å². The number of carbonyl (C=O) groups is 3. The zero-order valence-corrected chi connectivity index (χ0v) is 22.2. The molecule has 2 bridgehead atoms. The molecule has 1 spiro atoms. The molecule has 4 aliphatic rings. The van der Waals surface area contributed by atoms with Gasteiger partial charge in [0, 0.05) is 18.0 Å². The first-order chi connectivity index (χ1) is 18.6. The third-order valence-corrected chi connectivity index (χ3v) is 7.98. The number of methoxy groups -OCH3 is 1. The number of likely N-dealkylation sites (tertiary alicyclic amines) is 1. The SMILES string of the molecule is COc1ccc2c3c1O[C@H]1C(OC(=O)[C@H](C)OC(=O)[C@H](C)O)=CC[C@]4(O)C(C2)N(C)CC[C@]314.O=C(O)C(F)(F)F. The number of carbonyl (C=O) groups excluding carboxylic acids is 2. The summed E-state index contributed by atoms with van der Waals surface area (Å²) < 4.78 is 54.4. The third-order valence-electron chi connectivity index (χ3n) is 7.98. The number of piperidine rings is 1. The van der Waals surface area contributed by atoms with E-state index >= 15 is 0 Å². The van der Waals surface area contributed by atoms with Crippen LogP contribution in [0.3, 0.4) is 0 Å². The number of ether oxygens (including phenoxy) is 4. The van der Waals surface area contributed by atoms with Gasteiger partial charge in [0.15, 0.2) is 23.7 Å². The zero-order valence-electron chi connectivity index (χ0n) is 22.2. The number of carboxylic acids is 1. The molecular weight excluding hydrogens is 543 g/mol. The Labute approximate surface area is 227 Å². The highest BCUT2D eigenvalue weighted by Gasteiger charge is 2.72. The van der Waals surface area contributed by atoms with Gasteiger partial charge >= 0.3 is 24.1 Å². The van der Waals surface area contributed by atoms with E-state index in [2.05, 4.69) is 4.90 Å². The molecule has 1 saturated heterocycles. The summed E-state index contributed by atoms with van der Waals surface area (Å²) in [6, 6.07) is 3.79. The van der Waals surface area contributed by atoms with Gasteiger partial charge in [-0.2, -0.15) is 13.2 Å². The van der Waals surface area contributed by atoms with Crippen LogP contribution in [0, 0.1) is 0 Å². The average Bonchev–Trinajstić information content (AvgIpc) is 3.23. The fraction of sp³-hybridized carbons (Fsp3) is 0.577. The van der Waals surface area contributed by atoms with E-state index in [0.29, 0.717) is 36.5 Å². The Bertz CT molecular complexity index is 1250. The van der Waals surface area contributed by atoms with Gasteiger partial charge in [-0.15, -0.1) is 0 Å². The van der Waals surface area contributed by atoms with Gasteiger partial charge in [0.1, 0.15) is 11.9 Å². The number of alkyl halides is 3. The van der Waals surface area contributed by atoms with Crippen molar-refractivity contribution in [1.29, 1.82) is 0 Å². The van der Waals surface area contributed by atoms with Crippen molar-refractivity contribution in [1.82, 2.24) is 4.90 Å². The molecule has 6 atom stereocenters. The lowest BCUT2D eigenvalue weighted by molar-refractivity contribution is -0.192. The van der Waals surface area contributed by atoms with Gasteiger partial charge in [-0.05, 0) is 58.0 Å². The molecule has 2 heterocycles. The van der Waals surface area contributed by atoms with Crippen LogP contribution in [0.25, 0.3) is 0 Å². The number of nitrogens with zero attached hydrogens (tertiary/aromatic N) is 1. The molecule has 2 aliphatic heterocycles. The number of aliphatic carboxylic acids is 1. The molecule has 5 rings (SSSR count). The molecule has 1 aromatic rings. The summed E-state index contributed by atoms with van der Waals surface area (Å²) in [7, 11) is 3.59. The monoisotopic (exact) mass is 573 g/mol. The van der Waals surface area contributed by atoms with Gasteiger partial charge < -0.3 is 39.2 Å². The van der Waals surface area contributed by atoms with Crippen LogP contribution in [0.1, 0.15) is 37.8 Å². The lowest BCUT2D eigenvalue weighted by atomic mass is 9.50. The molecule has 220 valence electrons. The van der Waals surface area contributed by atoms with E-state index in [1.165, 1.54) is 13.8 Å². The summed E-state index contributed by atoms with van der Waals surface area (Å²) in [6.45, 7) is 3.41. The largest absolute Gasteiger partial charge is 0.493 e. The van der Waals surface area contributed by atoms with E-state index in [4.69, 9.17) is 28.8 Å². The Morgan fingerprint density at radius 1 is 1.20 bits per heavy atom. The van der Waals surface area contributed by atoms with Gasteiger partial charge in [0.2, 0.25) is 0 Å². The molecule has 1 unspecified atom stereocenters. The standard InChI is InChI=1S/C24H29NO8.C2HF3O2/c1-12(26)21(27)31-13(2)22(28)32-16-7-8-24(29)17-11-14-5-6-15(30-4)19-18(14)23(24,20(16)33-19)9-10-25(17)3;3-2(4,5)1(6)7/h5-7,12-13,17,20,26,29H,8-11H2,1-4H3;(H,6,7)/t12-,13-,17?,20-,23-,24-;/m0./s1. The highest BCUT2D eigenvalue weighted by atomic mass is 19.4. The topological polar surface area (TPSA) is 152 Å². The summed E-state index contributed by atoms with van der Waals surface area (Å²) in [5.74, 6) is -2.99. The average molecular weight is 574 g/mol. The lowest BCUT2D eigenvalue weighted by Gasteiger charge is -2.61. The normalized spacial score (nSPS) is 29.4. The molecule has 1 fully saturated rings. The molecule has 1 aromatic carbocycles. The van der Waals surface area contributed by atoms with E-state index in [1.807, 2.05) is 19.2 Å². The molecule has 40 heavy (non-hydrogen) atoms. The van der Waals surface area contributed by atoms with Crippen molar-refractivity contribution in [2.24, 2.45) is 0 Å². The second kappa shape index (κ2) is 10.2. The molecule has 14 heteroatoms. The van der Waals surface area contributed by atoms with Crippen molar-refractivity contribution in [2.45, 2.75) is 74.7 Å². The van der Waals surface area contributed by atoms with E-state index in [1.54, 1.807) is 13.2 Å². The van der Waals surface area contributed by atoms with Gasteiger partial charge in [-0.1, -0.05) is 6.07 Å². The number of halogens is 3. The molecule has 2 aliphatic carbocycles. The second-order valence-electron chi connectivity index (χ2n) is 10.3. The molecule has 0 amide bonds. The van der Waals surface area contributed by atoms with E-state index in [-0.39, 0.29) is 6.04 Å². The zero-order chi connectivity index (χ0) is 29.8. The highest BCUT2D eigenvalue weighted by Crippen LogP contribution is 2.65. The van der Waals surface area contributed by atoms with Crippen LogP contribution in [0.4, 0.5) is 13.2 Å². The summed E-state index contributed by atoms with van der Waals surface area (Å²) >= 11 is 0. The van der Waals surface area contributed by atoms with Gasteiger partial charge in [0.05, 0.1) is 18.1 Å². The second-order valence-corrected chi connectivity index (χ2v) is 10.3.